The van der Waals surface area contributed by atoms with Gasteiger partial charge in [-0.05, 0) is 19.9 Å². The molecular weight excluding hydrogens is 224 g/mol. The highest BCUT2D eigenvalue weighted by molar-refractivity contribution is 5.64. The second-order valence-electron chi connectivity index (χ2n) is 4.49. The fourth-order valence-corrected chi connectivity index (χ4v) is 2.01. The van der Waals surface area contributed by atoms with Crippen molar-refractivity contribution in [2.24, 2.45) is 0 Å². The summed E-state index contributed by atoms with van der Waals surface area (Å²) in [5.74, 6) is 0.839. The summed E-state index contributed by atoms with van der Waals surface area (Å²) in [4.78, 5) is 0. The third-order valence-electron chi connectivity index (χ3n) is 2.93. The Labute approximate surface area is 99.5 Å². The molecule has 0 aromatic heterocycles. The number of benzene rings is 1. The number of aliphatic hydroxyl groups is 1. The topological polar surface area (TPSA) is 68.2 Å². The summed E-state index contributed by atoms with van der Waals surface area (Å²) >= 11 is 0. The lowest BCUT2D eigenvalue weighted by Gasteiger charge is -2.21. The zero-order valence-corrected chi connectivity index (χ0v) is 10.3. The van der Waals surface area contributed by atoms with Crippen LogP contribution in [0.5, 0.6) is 23.0 Å². The molecule has 1 aromatic carbocycles. The predicted molar refractivity (Wildman–Crippen MR) is 60.9 cm³/mol. The molecule has 0 amide bonds. The first-order valence-corrected chi connectivity index (χ1v) is 5.27. The van der Waals surface area contributed by atoms with Gasteiger partial charge in [-0.25, -0.2) is 0 Å². The van der Waals surface area contributed by atoms with Crippen LogP contribution in [0.2, 0.25) is 0 Å². The number of phenolic OH excluding ortho intramolecular Hbond substituents is 1. The lowest BCUT2D eigenvalue weighted by atomic mass is 9.97. The Morgan fingerprint density at radius 3 is 2.35 bits per heavy atom. The van der Waals surface area contributed by atoms with Crippen molar-refractivity contribution in [2.45, 2.75) is 25.6 Å². The van der Waals surface area contributed by atoms with Gasteiger partial charge in [0.15, 0.2) is 11.5 Å². The normalized spacial score (nSPS) is 20.6. The maximum atomic E-state index is 10.1. The van der Waals surface area contributed by atoms with Crippen LogP contribution in [0.1, 0.15) is 25.5 Å². The number of aliphatic hydroxyl groups excluding tert-OH is 1. The van der Waals surface area contributed by atoms with Crippen molar-refractivity contribution in [1.29, 1.82) is 0 Å². The first-order chi connectivity index (χ1) is 7.92. The lowest BCUT2D eigenvalue weighted by molar-refractivity contribution is -0.000345. The van der Waals surface area contributed by atoms with Crippen LogP contribution in [0.3, 0.4) is 0 Å². The van der Waals surface area contributed by atoms with Crippen molar-refractivity contribution in [3.05, 3.63) is 11.6 Å². The van der Waals surface area contributed by atoms with Gasteiger partial charge < -0.3 is 24.4 Å². The number of hydrogen-bond acceptors (Lipinski definition) is 5. The quantitative estimate of drug-likeness (QED) is 0.822. The molecular formula is C12H16O5. The molecule has 0 saturated heterocycles. The maximum absolute atomic E-state index is 10.1. The molecule has 1 atom stereocenters. The average Bonchev–Trinajstić information content (AvgIpc) is 2.49. The van der Waals surface area contributed by atoms with E-state index in [9.17, 15) is 10.2 Å². The minimum Gasteiger partial charge on any atom is -0.504 e. The number of fused-ring (bicyclic) bond motifs is 1. The third-order valence-corrected chi connectivity index (χ3v) is 2.93. The lowest BCUT2D eigenvalue weighted by Crippen LogP contribution is -2.29. The highest BCUT2D eigenvalue weighted by Gasteiger charge is 2.43. The minimum atomic E-state index is -0.816. The summed E-state index contributed by atoms with van der Waals surface area (Å²) in [6.07, 6.45) is -0.816. The molecule has 1 aliphatic rings. The van der Waals surface area contributed by atoms with Gasteiger partial charge in [0.05, 0.1) is 14.2 Å². The minimum absolute atomic E-state index is 0.0801. The van der Waals surface area contributed by atoms with Gasteiger partial charge in [-0.1, -0.05) is 0 Å². The van der Waals surface area contributed by atoms with E-state index in [0.29, 0.717) is 17.1 Å². The van der Waals surface area contributed by atoms with Crippen molar-refractivity contribution in [3.8, 4) is 23.0 Å². The van der Waals surface area contributed by atoms with Gasteiger partial charge in [0, 0.05) is 5.56 Å². The van der Waals surface area contributed by atoms with E-state index in [4.69, 9.17) is 14.2 Å². The van der Waals surface area contributed by atoms with Crippen LogP contribution in [-0.4, -0.2) is 30.0 Å². The van der Waals surface area contributed by atoms with Crippen LogP contribution in [0.4, 0.5) is 0 Å². The number of rotatable bonds is 2. The highest BCUT2D eigenvalue weighted by atomic mass is 16.6. The highest BCUT2D eigenvalue weighted by Crippen LogP contribution is 2.54. The second kappa shape index (κ2) is 3.70. The predicted octanol–water partition coefficient (Wildman–Crippen LogP) is 1.61. The van der Waals surface area contributed by atoms with Crippen molar-refractivity contribution in [1.82, 2.24) is 0 Å². The zero-order valence-electron chi connectivity index (χ0n) is 10.3. The maximum Gasteiger partial charge on any atom is 0.207 e. The van der Waals surface area contributed by atoms with Crippen molar-refractivity contribution >= 4 is 0 Å². The van der Waals surface area contributed by atoms with Crippen LogP contribution in [-0.2, 0) is 0 Å². The van der Waals surface area contributed by atoms with Gasteiger partial charge in [0.1, 0.15) is 11.7 Å². The van der Waals surface area contributed by atoms with Crippen molar-refractivity contribution < 1.29 is 24.4 Å². The van der Waals surface area contributed by atoms with Gasteiger partial charge in [-0.2, -0.15) is 0 Å². The standard InChI is InChI=1S/C12H16O5/c1-12(2)11(14)6-5-7(13)9(15-3)10(16-4)8(6)17-12/h5,11,13-14H,1-4H3. The molecule has 2 N–H and O–H groups in total. The molecule has 0 bridgehead atoms. The fraction of sp³-hybridized carbons (Fsp3) is 0.500. The third kappa shape index (κ3) is 1.58. The average molecular weight is 240 g/mol. The molecule has 5 nitrogen and oxygen atoms in total. The largest absolute Gasteiger partial charge is 0.504 e. The molecule has 1 unspecified atom stereocenters. The Kier molecular flexibility index (Phi) is 2.58. The van der Waals surface area contributed by atoms with Gasteiger partial charge in [0.25, 0.3) is 0 Å². The molecule has 0 spiro atoms. The summed E-state index contributed by atoms with van der Waals surface area (Å²) in [5, 5.41) is 19.9. The number of hydrogen-bond donors (Lipinski definition) is 2. The number of ether oxygens (including phenoxy) is 3. The molecule has 1 aliphatic heterocycles. The molecule has 0 saturated carbocycles. The van der Waals surface area contributed by atoms with Crippen LogP contribution < -0.4 is 14.2 Å². The van der Waals surface area contributed by atoms with Gasteiger partial charge >= 0.3 is 0 Å². The smallest absolute Gasteiger partial charge is 0.207 e. The summed E-state index contributed by atoms with van der Waals surface area (Å²) < 4.78 is 15.9. The van der Waals surface area contributed by atoms with Crippen LogP contribution >= 0.6 is 0 Å². The van der Waals surface area contributed by atoms with E-state index >= 15 is 0 Å². The van der Waals surface area contributed by atoms with E-state index in [1.165, 1.54) is 20.3 Å². The number of aromatic hydroxyl groups is 1. The number of methoxy groups -OCH3 is 2. The van der Waals surface area contributed by atoms with E-state index in [-0.39, 0.29) is 11.5 Å². The first kappa shape index (κ1) is 11.9. The van der Waals surface area contributed by atoms with Gasteiger partial charge in [0.2, 0.25) is 11.5 Å². The van der Waals surface area contributed by atoms with E-state index in [2.05, 4.69) is 0 Å². The Balaban J connectivity index is 2.66. The zero-order chi connectivity index (χ0) is 12.8. The molecule has 17 heavy (non-hydrogen) atoms. The first-order valence-electron chi connectivity index (χ1n) is 5.27. The van der Waals surface area contributed by atoms with Crippen LogP contribution in [0, 0.1) is 0 Å². The summed E-state index contributed by atoms with van der Waals surface area (Å²) in [6, 6.07) is 1.44. The monoisotopic (exact) mass is 240 g/mol. The molecule has 5 heteroatoms. The van der Waals surface area contributed by atoms with Crippen LogP contribution in [0.25, 0.3) is 0 Å². The Bertz CT molecular complexity index is 453. The Morgan fingerprint density at radius 2 is 1.82 bits per heavy atom. The van der Waals surface area contributed by atoms with E-state index in [0.717, 1.165) is 0 Å². The van der Waals surface area contributed by atoms with Gasteiger partial charge in [-0.15, -0.1) is 0 Å². The molecule has 0 radical (unpaired) electrons. The molecule has 1 aromatic rings. The molecule has 0 fully saturated rings. The van der Waals surface area contributed by atoms with Crippen LogP contribution in [0.15, 0.2) is 6.07 Å². The molecule has 1 heterocycles. The van der Waals surface area contributed by atoms with E-state index < -0.39 is 11.7 Å². The molecule has 0 aliphatic carbocycles. The van der Waals surface area contributed by atoms with Gasteiger partial charge in [-0.3, -0.25) is 0 Å². The Morgan fingerprint density at radius 1 is 1.24 bits per heavy atom. The summed E-state index contributed by atoms with van der Waals surface area (Å²) in [5.41, 5.74) is -0.251. The second-order valence-corrected chi connectivity index (χ2v) is 4.49. The van der Waals surface area contributed by atoms with E-state index in [1.807, 2.05) is 0 Å². The SMILES string of the molecule is COc1c(O)cc2c(c1OC)OC(C)(C)C2O. The van der Waals surface area contributed by atoms with Crippen molar-refractivity contribution in [2.75, 3.05) is 14.2 Å². The van der Waals surface area contributed by atoms with E-state index in [1.54, 1.807) is 13.8 Å². The molecule has 94 valence electrons. The number of phenols is 1. The summed E-state index contributed by atoms with van der Waals surface area (Å²) in [7, 11) is 2.89. The fourth-order valence-electron chi connectivity index (χ4n) is 2.01. The summed E-state index contributed by atoms with van der Waals surface area (Å²) in [6.45, 7) is 3.53. The molecule has 2 rings (SSSR count). The van der Waals surface area contributed by atoms with Crippen molar-refractivity contribution in [3.63, 3.8) is 0 Å². The Hall–Kier alpha value is -1.62.